The van der Waals surface area contributed by atoms with Crippen LogP contribution in [0.1, 0.15) is 82.4 Å². The van der Waals surface area contributed by atoms with Crippen LogP contribution in [0.4, 0.5) is 0 Å². The second-order valence-electron chi connectivity index (χ2n) is 16.9. The zero-order valence-corrected chi connectivity index (χ0v) is 35.3. The van der Waals surface area contributed by atoms with Crippen LogP contribution >= 0.6 is 11.3 Å². The van der Waals surface area contributed by atoms with Crippen LogP contribution in [0.3, 0.4) is 0 Å². The Labute approximate surface area is 339 Å². The van der Waals surface area contributed by atoms with Gasteiger partial charge >= 0.3 is 5.97 Å². The number of rotatable bonds is 10. The first-order valence-electron chi connectivity index (χ1n) is 20.2. The molecule has 14 heteroatoms. The number of amides is 2. The molecule has 306 valence electrons. The summed E-state index contributed by atoms with van der Waals surface area (Å²) >= 11 is 1.41. The fraction of sp³-hybridized carbons (Fsp3) is 0.558. The average molecular weight is 800 g/mol. The molecule has 0 unspecified atom stereocenters. The predicted molar refractivity (Wildman–Crippen MR) is 220 cm³/mol. The lowest BCUT2D eigenvalue weighted by Crippen LogP contribution is -2.61. The van der Waals surface area contributed by atoms with Crippen molar-refractivity contribution in [3.05, 3.63) is 58.2 Å². The summed E-state index contributed by atoms with van der Waals surface area (Å²) in [6.07, 6.45) is 3.16. The number of methoxy groups -OCH3 is 1. The molecule has 3 aliphatic rings. The maximum Gasteiger partial charge on any atom is 0.324 e. The molecule has 57 heavy (non-hydrogen) atoms. The summed E-state index contributed by atoms with van der Waals surface area (Å²) in [7, 11) is 5.61. The van der Waals surface area contributed by atoms with Gasteiger partial charge in [-0.25, -0.2) is 10.4 Å². The van der Waals surface area contributed by atoms with E-state index in [0.29, 0.717) is 50.5 Å². The Balaban J connectivity index is 1.40. The molecule has 0 radical (unpaired) electrons. The van der Waals surface area contributed by atoms with Gasteiger partial charge in [-0.05, 0) is 89.4 Å². The molecule has 4 aromatic rings. The molecule has 2 N–H and O–H groups in total. The van der Waals surface area contributed by atoms with Gasteiger partial charge in [-0.3, -0.25) is 24.4 Å². The van der Waals surface area contributed by atoms with Gasteiger partial charge in [-0.2, -0.15) is 0 Å². The van der Waals surface area contributed by atoms with Crippen molar-refractivity contribution < 1.29 is 28.6 Å². The molecule has 1 saturated carbocycles. The molecule has 2 fully saturated rings. The number of thiazole rings is 1. The van der Waals surface area contributed by atoms with Crippen LogP contribution in [-0.4, -0.2) is 102 Å². The van der Waals surface area contributed by atoms with E-state index in [2.05, 4.69) is 60.3 Å². The van der Waals surface area contributed by atoms with E-state index >= 15 is 0 Å². The number of hydrogen-bond donors (Lipinski definition) is 2. The number of hydrogen-bond acceptors (Lipinski definition) is 11. The van der Waals surface area contributed by atoms with Gasteiger partial charge in [-0.1, -0.05) is 26.8 Å². The maximum atomic E-state index is 14.6. The molecule has 1 aliphatic carbocycles. The molecule has 2 amide bonds. The number of fused-ring (bicyclic) bond motifs is 6. The van der Waals surface area contributed by atoms with Crippen LogP contribution in [0, 0.1) is 17.3 Å². The predicted octanol–water partition coefficient (Wildman–Crippen LogP) is 5.94. The van der Waals surface area contributed by atoms with Crippen molar-refractivity contribution in [3.8, 4) is 22.5 Å². The number of carbonyl (C=O) groups excluding carboxylic acids is 3. The van der Waals surface area contributed by atoms with Crippen LogP contribution in [0.5, 0.6) is 0 Å². The summed E-state index contributed by atoms with van der Waals surface area (Å²) in [5.41, 5.74) is 9.47. The minimum atomic E-state index is -1.08. The summed E-state index contributed by atoms with van der Waals surface area (Å²) in [5.74, 6) is -0.894. The second-order valence-corrected chi connectivity index (χ2v) is 17.7. The standard InChI is InChI=1S/C43H57N7O6S/c1-9-49-34-15-14-27-21-30(34)31(37(49)28-12-10-16-44-35(28)26(3)54-8)22-43(4,5)24-56-42(53)32-13-11-17-50(47-32)41(52)36(46-39(51)29-20-25(29)2)38(55-19-18-48(6)7)40-45-33(27)23-57-40/h10,12,14-16,21,23,25-26,29,32,36,38,47H,9,11,13,17-20,22,24H2,1-8H3,(H,46,51)/t25-,26-,29-,32-,36-,38-/m0/s1. The fourth-order valence-corrected chi connectivity index (χ4v) is 8.98. The molecule has 13 nitrogen and oxygen atoms in total. The largest absolute Gasteiger partial charge is 0.464 e. The Hall–Kier alpha value is -4.21. The number of cyclic esters (lactones) is 1. The Morgan fingerprint density at radius 3 is 2.74 bits per heavy atom. The number of carbonyl (C=O) groups is 3. The number of aryl methyl sites for hydroxylation is 1. The van der Waals surface area contributed by atoms with Gasteiger partial charge < -0.3 is 29.0 Å². The lowest BCUT2D eigenvalue weighted by molar-refractivity contribution is -0.157. The highest BCUT2D eigenvalue weighted by Crippen LogP contribution is 2.43. The number of esters is 1. The quantitative estimate of drug-likeness (QED) is 0.186. The first-order chi connectivity index (χ1) is 27.3. The van der Waals surface area contributed by atoms with E-state index in [1.54, 1.807) is 13.3 Å². The zero-order chi connectivity index (χ0) is 40.6. The normalized spacial score (nSPS) is 24.3. The molecule has 5 heterocycles. The summed E-state index contributed by atoms with van der Waals surface area (Å²) in [5, 5.41) is 8.21. The smallest absolute Gasteiger partial charge is 0.324 e. The highest BCUT2D eigenvalue weighted by Gasteiger charge is 2.45. The number of nitrogens with one attached hydrogen (secondary N) is 2. The number of ether oxygens (including phenoxy) is 3. The third kappa shape index (κ3) is 8.66. The molecule has 0 spiro atoms. The molecule has 1 aromatic carbocycles. The fourth-order valence-electron chi connectivity index (χ4n) is 8.07. The number of nitrogens with zero attached hydrogens (tertiary/aromatic N) is 5. The van der Waals surface area contributed by atoms with Crippen LogP contribution < -0.4 is 10.7 Å². The van der Waals surface area contributed by atoms with E-state index in [-0.39, 0.29) is 36.4 Å². The SMILES string of the molecule is CCn1c(-c2cccnc2[C@H](C)OC)c2c3cc(ccc31)-c1csc(n1)[C@@H](OCCN(C)C)[C@H](NC(=O)[C@H]1C[C@@H]1C)C(=O)N1CCC[C@H](N1)C(=O)OCC(C)(C)C2. The van der Waals surface area contributed by atoms with Gasteiger partial charge in [0.15, 0.2) is 0 Å². The van der Waals surface area contributed by atoms with Crippen LogP contribution in [0.2, 0.25) is 0 Å². The van der Waals surface area contributed by atoms with Crippen molar-refractivity contribution in [1.82, 2.24) is 35.2 Å². The van der Waals surface area contributed by atoms with E-state index in [1.807, 2.05) is 44.3 Å². The molecular weight excluding hydrogens is 743 g/mol. The molecule has 2 aliphatic heterocycles. The number of benzene rings is 1. The number of aromatic nitrogens is 3. The summed E-state index contributed by atoms with van der Waals surface area (Å²) in [4.78, 5) is 54.0. The van der Waals surface area contributed by atoms with E-state index in [9.17, 15) is 14.4 Å². The molecule has 6 bridgehead atoms. The Kier molecular flexibility index (Phi) is 12.2. The van der Waals surface area contributed by atoms with E-state index < -0.39 is 29.6 Å². The van der Waals surface area contributed by atoms with Gasteiger partial charge in [0.25, 0.3) is 5.91 Å². The first-order valence-corrected chi connectivity index (χ1v) is 21.1. The molecule has 1 saturated heterocycles. The van der Waals surface area contributed by atoms with Crippen LogP contribution in [0.15, 0.2) is 41.9 Å². The van der Waals surface area contributed by atoms with E-state index in [1.165, 1.54) is 16.3 Å². The summed E-state index contributed by atoms with van der Waals surface area (Å²) < 4.78 is 20.8. The molecular formula is C43H57N7O6S. The highest BCUT2D eigenvalue weighted by molar-refractivity contribution is 7.10. The van der Waals surface area contributed by atoms with Gasteiger partial charge in [0.1, 0.15) is 23.2 Å². The molecule has 3 aromatic heterocycles. The topological polar surface area (TPSA) is 140 Å². The molecule has 7 rings (SSSR count). The lowest BCUT2D eigenvalue weighted by atomic mass is 9.84. The van der Waals surface area contributed by atoms with Crippen molar-refractivity contribution in [3.63, 3.8) is 0 Å². The van der Waals surface area contributed by atoms with Crippen molar-refractivity contribution in [2.75, 3.05) is 47.5 Å². The van der Waals surface area contributed by atoms with Crippen LogP contribution in [0.25, 0.3) is 33.4 Å². The van der Waals surface area contributed by atoms with Gasteiger partial charge in [-0.15, -0.1) is 11.3 Å². The Morgan fingerprint density at radius 2 is 2.02 bits per heavy atom. The number of likely N-dealkylation sites (N-methyl/N-ethyl adjacent to an activating group) is 1. The average Bonchev–Trinajstić information content (AvgIpc) is 3.60. The lowest BCUT2D eigenvalue weighted by Gasteiger charge is -2.37. The van der Waals surface area contributed by atoms with Crippen molar-refractivity contribution in [2.24, 2.45) is 17.3 Å². The van der Waals surface area contributed by atoms with Crippen molar-refractivity contribution in [1.29, 1.82) is 0 Å². The first kappa shape index (κ1) is 41.0. The Morgan fingerprint density at radius 1 is 1.23 bits per heavy atom. The minimum absolute atomic E-state index is 0.165. The monoisotopic (exact) mass is 799 g/mol. The molecule has 6 atom stereocenters. The number of pyridine rings is 1. The van der Waals surface area contributed by atoms with Gasteiger partial charge in [0.05, 0.1) is 36.4 Å². The third-order valence-corrected chi connectivity index (χ3v) is 12.4. The summed E-state index contributed by atoms with van der Waals surface area (Å²) in [6.45, 7) is 12.6. The zero-order valence-electron chi connectivity index (χ0n) is 34.5. The summed E-state index contributed by atoms with van der Waals surface area (Å²) in [6, 6.07) is 8.70. The second kappa shape index (κ2) is 16.9. The minimum Gasteiger partial charge on any atom is -0.464 e. The third-order valence-electron chi connectivity index (χ3n) is 11.5. The Bertz CT molecular complexity index is 2110. The van der Waals surface area contributed by atoms with Gasteiger partial charge in [0.2, 0.25) is 5.91 Å². The van der Waals surface area contributed by atoms with E-state index in [0.717, 1.165) is 51.1 Å². The van der Waals surface area contributed by atoms with Crippen molar-refractivity contribution in [2.45, 2.75) is 91.1 Å². The maximum absolute atomic E-state index is 14.6. The van der Waals surface area contributed by atoms with Crippen LogP contribution in [-0.2, 0) is 41.6 Å². The van der Waals surface area contributed by atoms with Crippen molar-refractivity contribution >= 4 is 40.0 Å². The van der Waals surface area contributed by atoms with E-state index in [4.69, 9.17) is 24.2 Å². The number of hydrazine groups is 1. The van der Waals surface area contributed by atoms with Gasteiger partial charge in [0, 0.05) is 71.7 Å². The highest BCUT2D eigenvalue weighted by atomic mass is 32.1.